The van der Waals surface area contributed by atoms with Gasteiger partial charge in [0.1, 0.15) is 4.88 Å². The Morgan fingerprint density at radius 2 is 2.19 bits per heavy atom. The lowest BCUT2D eigenvalue weighted by Gasteiger charge is -2.44. The minimum Gasteiger partial charge on any atom is -0.465 e. The van der Waals surface area contributed by atoms with Crippen LogP contribution in [0, 0.1) is 5.92 Å². The molecule has 2 bridgehead atoms. The smallest absolute Gasteiger partial charge is 0.413 e. The Bertz CT molecular complexity index is 553. The first-order valence-corrected chi connectivity index (χ1v) is 7.82. The van der Waals surface area contributed by atoms with Crippen LogP contribution in [-0.2, 0) is 0 Å². The number of anilines is 1. The average Bonchev–Trinajstić information content (AvgIpc) is 2.97. The molecule has 1 aromatic heterocycles. The number of hydrogen-bond donors (Lipinski definition) is 2. The molecule has 2 amide bonds. The molecule has 0 aromatic carbocycles. The molecule has 0 saturated carbocycles. The Morgan fingerprint density at radius 1 is 1.48 bits per heavy atom. The van der Waals surface area contributed by atoms with Gasteiger partial charge < -0.3 is 15.3 Å². The summed E-state index contributed by atoms with van der Waals surface area (Å²) in [5.74, 6) is 0.407. The minimum absolute atomic E-state index is 0.156. The van der Waals surface area contributed by atoms with Crippen molar-refractivity contribution in [2.24, 2.45) is 5.92 Å². The Hall–Kier alpha value is -1.67. The van der Waals surface area contributed by atoms with Gasteiger partial charge in [-0.1, -0.05) is 11.3 Å². The van der Waals surface area contributed by atoms with E-state index in [2.05, 4.69) is 15.2 Å². The molecule has 0 aliphatic carbocycles. The molecule has 1 atom stereocenters. The molecule has 114 valence electrons. The molecule has 7 nitrogen and oxygen atoms in total. The van der Waals surface area contributed by atoms with Gasteiger partial charge in [-0.2, -0.15) is 0 Å². The van der Waals surface area contributed by atoms with Crippen molar-refractivity contribution in [2.45, 2.75) is 18.9 Å². The summed E-state index contributed by atoms with van der Waals surface area (Å²) in [5, 5.41) is 12.3. The van der Waals surface area contributed by atoms with E-state index in [1.807, 2.05) is 0 Å². The first-order chi connectivity index (χ1) is 10.0. The van der Waals surface area contributed by atoms with Crippen molar-refractivity contribution < 1.29 is 14.7 Å². The fourth-order valence-corrected chi connectivity index (χ4v) is 3.75. The summed E-state index contributed by atoms with van der Waals surface area (Å²) in [5.41, 5.74) is 0. The highest BCUT2D eigenvalue weighted by molar-refractivity contribution is 7.17. The van der Waals surface area contributed by atoms with E-state index >= 15 is 0 Å². The fourth-order valence-electron chi connectivity index (χ4n) is 2.97. The number of carbonyl (C=O) groups is 2. The SMILES string of the molecule is CN(C(=O)O)c1ncc(C(=O)N[C@H]2CN3CCC2CC3)s1. The van der Waals surface area contributed by atoms with E-state index in [0.717, 1.165) is 48.7 Å². The van der Waals surface area contributed by atoms with Crippen molar-refractivity contribution in [3.8, 4) is 0 Å². The Balaban J connectivity index is 1.64. The number of fused-ring (bicyclic) bond motifs is 3. The van der Waals surface area contributed by atoms with Gasteiger partial charge in [0.25, 0.3) is 5.91 Å². The van der Waals surface area contributed by atoms with Crippen molar-refractivity contribution in [1.82, 2.24) is 15.2 Å². The van der Waals surface area contributed by atoms with Crippen LogP contribution in [0.2, 0.25) is 0 Å². The first-order valence-electron chi connectivity index (χ1n) is 7.00. The van der Waals surface area contributed by atoms with Crippen LogP contribution in [0.3, 0.4) is 0 Å². The quantitative estimate of drug-likeness (QED) is 0.872. The van der Waals surface area contributed by atoms with Gasteiger partial charge in [0.05, 0.1) is 6.20 Å². The highest BCUT2D eigenvalue weighted by Crippen LogP contribution is 2.28. The van der Waals surface area contributed by atoms with Crippen LogP contribution in [0.1, 0.15) is 22.5 Å². The lowest BCUT2D eigenvalue weighted by atomic mass is 9.84. The molecule has 8 heteroatoms. The summed E-state index contributed by atoms with van der Waals surface area (Å²) < 4.78 is 0. The maximum atomic E-state index is 12.3. The molecular weight excluding hydrogens is 292 g/mol. The maximum Gasteiger partial charge on any atom is 0.413 e. The van der Waals surface area contributed by atoms with Gasteiger partial charge in [0.2, 0.25) is 0 Å². The van der Waals surface area contributed by atoms with Crippen LogP contribution in [0.15, 0.2) is 6.20 Å². The number of thiazole rings is 1. The highest BCUT2D eigenvalue weighted by Gasteiger charge is 2.35. The van der Waals surface area contributed by atoms with Crippen LogP contribution in [0.5, 0.6) is 0 Å². The molecule has 3 aliphatic rings. The van der Waals surface area contributed by atoms with Crippen molar-refractivity contribution in [3.63, 3.8) is 0 Å². The predicted octanol–water partition coefficient (Wildman–Crippen LogP) is 1.08. The number of rotatable bonds is 3. The van der Waals surface area contributed by atoms with E-state index in [0.29, 0.717) is 15.9 Å². The zero-order valence-electron chi connectivity index (χ0n) is 11.8. The molecule has 2 N–H and O–H groups in total. The minimum atomic E-state index is -1.09. The number of carboxylic acid groups (broad SMARTS) is 1. The third kappa shape index (κ3) is 2.86. The normalized spacial score (nSPS) is 27.4. The van der Waals surface area contributed by atoms with E-state index in [9.17, 15) is 9.59 Å². The van der Waals surface area contributed by atoms with Crippen molar-refractivity contribution in [2.75, 3.05) is 31.6 Å². The Morgan fingerprint density at radius 3 is 2.76 bits per heavy atom. The number of piperidine rings is 3. The summed E-state index contributed by atoms with van der Waals surface area (Å²) in [7, 11) is 1.41. The highest BCUT2D eigenvalue weighted by atomic mass is 32.1. The summed E-state index contributed by atoms with van der Waals surface area (Å²) in [6.45, 7) is 3.17. The number of aromatic nitrogens is 1. The van der Waals surface area contributed by atoms with E-state index in [1.165, 1.54) is 13.2 Å². The summed E-state index contributed by atoms with van der Waals surface area (Å²) in [6.07, 6.45) is 2.63. The molecule has 0 radical (unpaired) electrons. The number of hydrogen-bond acceptors (Lipinski definition) is 5. The average molecular weight is 310 g/mol. The van der Waals surface area contributed by atoms with E-state index in [4.69, 9.17) is 5.11 Å². The van der Waals surface area contributed by atoms with Crippen LogP contribution in [0.25, 0.3) is 0 Å². The molecule has 3 aliphatic heterocycles. The third-order valence-corrected chi connectivity index (χ3v) is 5.34. The largest absolute Gasteiger partial charge is 0.465 e. The molecule has 4 rings (SSSR count). The third-order valence-electron chi connectivity index (χ3n) is 4.26. The van der Waals surface area contributed by atoms with Crippen molar-refractivity contribution in [1.29, 1.82) is 0 Å². The molecule has 4 heterocycles. The summed E-state index contributed by atoms with van der Waals surface area (Å²) in [4.78, 5) is 31.0. The van der Waals surface area contributed by atoms with E-state index in [1.54, 1.807) is 0 Å². The van der Waals surface area contributed by atoms with Crippen LogP contribution in [0.4, 0.5) is 9.93 Å². The van der Waals surface area contributed by atoms with Crippen LogP contribution in [-0.4, -0.2) is 59.7 Å². The molecule has 3 fully saturated rings. The van der Waals surface area contributed by atoms with Gasteiger partial charge in [-0.3, -0.25) is 9.69 Å². The standard InChI is InChI=1S/C13H18N4O3S/c1-16(13(19)20)12-14-6-10(21-12)11(18)15-9-7-17-4-2-8(9)3-5-17/h6,8-9H,2-5,7H2,1H3,(H,15,18)(H,19,20)/t9-/m0/s1. The molecule has 3 saturated heterocycles. The van der Waals surface area contributed by atoms with E-state index < -0.39 is 6.09 Å². The summed E-state index contributed by atoms with van der Waals surface area (Å²) in [6, 6.07) is 0.197. The van der Waals surface area contributed by atoms with Crippen molar-refractivity contribution in [3.05, 3.63) is 11.1 Å². The van der Waals surface area contributed by atoms with Gasteiger partial charge >= 0.3 is 6.09 Å². The lowest BCUT2D eigenvalue weighted by Crippen LogP contribution is -2.57. The number of amides is 2. The maximum absolute atomic E-state index is 12.3. The van der Waals surface area contributed by atoms with Crippen LogP contribution >= 0.6 is 11.3 Å². The zero-order valence-corrected chi connectivity index (χ0v) is 12.6. The molecular formula is C13H18N4O3S. The molecule has 0 unspecified atom stereocenters. The number of nitrogens with one attached hydrogen (secondary N) is 1. The predicted molar refractivity (Wildman–Crippen MR) is 79.0 cm³/mol. The molecule has 21 heavy (non-hydrogen) atoms. The van der Waals surface area contributed by atoms with Gasteiger partial charge in [-0.15, -0.1) is 0 Å². The second-order valence-corrected chi connectivity index (χ2v) is 6.58. The second-order valence-electron chi connectivity index (χ2n) is 5.57. The van der Waals surface area contributed by atoms with Gasteiger partial charge in [0, 0.05) is 19.6 Å². The summed E-state index contributed by atoms with van der Waals surface area (Å²) >= 11 is 1.09. The number of carbonyl (C=O) groups excluding carboxylic acids is 1. The molecule has 0 spiro atoms. The van der Waals surface area contributed by atoms with Gasteiger partial charge in [-0.25, -0.2) is 9.78 Å². The van der Waals surface area contributed by atoms with Crippen LogP contribution < -0.4 is 10.2 Å². The Labute approximate surface area is 126 Å². The monoisotopic (exact) mass is 310 g/mol. The second kappa shape index (κ2) is 5.61. The molecule has 1 aromatic rings. The van der Waals surface area contributed by atoms with Gasteiger partial charge in [-0.05, 0) is 31.8 Å². The number of nitrogens with zero attached hydrogens (tertiary/aromatic N) is 3. The zero-order chi connectivity index (χ0) is 15.0. The van der Waals surface area contributed by atoms with Gasteiger partial charge in [0.15, 0.2) is 5.13 Å². The van der Waals surface area contributed by atoms with Crippen molar-refractivity contribution >= 4 is 28.5 Å². The topological polar surface area (TPSA) is 85.8 Å². The van der Waals surface area contributed by atoms with E-state index in [-0.39, 0.29) is 11.9 Å². The lowest BCUT2D eigenvalue weighted by molar-refractivity contribution is 0.0622. The fraction of sp³-hybridized carbons (Fsp3) is 0.615. The Kier molecular flexibility index (Phi) is 3.81. The first kappa shape index (κ1) is 14.3.